The second-order valence-electron chi connectivity index (χ2n) is 19.5. The molecule has 4 saturated heterocycles. The number of hydrogen-bond donors (Lipinski definition) is 2. The van der Waals surface area contributed by atoms with E-state index in [-0.39, 0.29) is 45.6 Å². The fourth-order valence-corrected chi connectivity index (χ4v) is 10.9. The highest BCUT2D eigenvalue weighted by atomic mass is 16.5. The number of aryl methyl sites for hydroxylation is 2. The number of aromatic nitrogens is 4. The first-order valence-corrected chi connectivity index (χ1v) is 24.5. The Morgan fingerprint density at radius 1 is 0.671 bits per heavy atom. The molecule has 4 fully saturated rings. The molecule has 0 saturated carbocycles. The van der Waals surface area contributed by atoms with Gasteiger partial charge in [-0.25, -0.2) is 14.8 Å². The summed E-state index contributed by atoms with van der Waals surface area (Å²) in [5.41, 5.74) is 6.49. The van der Waals surface area contributed by atoms with Crippen molar-refractivity contribution in [2.24, 2.45) is 10.8 Å². The number of benzene rings is 2. The van der Waals surface area contributed by atoms with Crippen LogP contribution in [0.5, 0.6) is 11.8 Å². The van der Waals surface area contributed by atoms with E-state index in [1.165, 1.54) is 54.4 Å². The molecule has 6 aromatic rings. The van der Waals surface area contributed by atoms with Crippen molar-refractivity contribution in [2.45, 2.75) is 90.5 Å². The lowest BCUT2D eigenvalue weighted by molar-refractivity contribution is -0.0666. The molecule has 0 bridgehead atoms. The summed E-state index contributed by atoms with van der Waals surface area (Å²) in [4.78, 5) is 61.3. The number of hydrogen-bond acceptors (Lipinski definition) is 11. The number of carbonyl (C=O) groups excluding carboxylic acids is 1. The first-order valence-electron chi connectivity index (χ1n) is 24.5. The maximum Gasteiger partial charge on any atom is 0.341 e. The summed E-state index contributed by atoms with van der Waals surface area (Å²) in [5.74, 6) is -0.640. The summed E-state index contributed by atoms with van der Waals surface area (Å²) in [5, 5.41) is 13.4. The van der Waals surface area contributed by atoms with Crippen molar-refractivity contribution in [3.05, 3.63) is 139 Å². The fourth-order valence-electron chi connectivity index (χ4n) is 10.9. The molecule has 0 unspecified atom stereocenters. The normalized spacial score (nSPS) is 18.6. The van der Waals surface area contributed by atoms with Crippen molar-refractivity contribution in [1.82, 2.24) is 29.3 Å². The van der Waals surface area contributed by atoms with Crippen molar-refractivity contribution in [2.75, 3.05) is 52.6 Å². The molecule has 368 valence electrons. The van der Waals surface area contributed by atoms with Crippen molar-refractivity contribution >= 4 is 33.7 Å². The molecule has 2 aromatic carbocycles. The van der Waals surface area contributed by atoms with Gasteiger partial charge in [0.25, 0.3) is 5.91 Å². The van der Waals surface area contributed by atoms with Gasteiger partial charge in [-0.1, -0.05) is 48.5 Å². The highest BCUT2D eigenvalue weighted by Gasteiger charge is 2.46. The summed E-state index contributed by atoms with van der Waals surface area (Å²) in [7, 11) is 0. The topological polar surface area (TPSA) is 208 Å². The highest BCUT2D eigenvalue weighted by Crippen LogP contribution is 2.40. The lowest BCUT2D eigenvalue weighted by Gasteiger charge is -2.52. The second-order valence-corrected chi connectivity index (χ2v) is 19.5. The maximum absolute atomic E-state index is 13.5. The Bertz CT molecular complexity index is 2970. The smallest absolute Gasteiger partial charge is 0.341 e. The molecule has 4 aromatic heterocycles. The summed E-state index contributed by atoms with van der Waals surface area (Å²) in [6.07, 6.45) is 14.0. The van der Waals surface area contributed by atoms with E-state index in [0.29, 0.717) is 59.6 Å². The molecule has 70 heavy (non-hydrogen) atoms. The Kier molecular flexibility index (Phi) is 14.2. The van der Waals surface area contributed by atoms with Gasteiger partial charge in [0, 0.05) is 121 Å². The van der Waals surface area contributed by atoms with E-state index in [1.54, 1.807) is 35.3 Å². The van der Waals surface area contributed by atoms with Gasteiger partial charge >= 0.3 is 5.97 Å². The Balaban J connectivity index is 0.000000149. The molecule has 6 aliphatic rings. The summed E-state index contributed by atoms with van der Waals surface area (Å²) >= 11 is 0. The zero-order valence-electron chi connectivity index (χ0n) is 39.9. The number of pyridine rings is 4. The fraction of sp³-hybridized carbons (Fsp3) is 0.444. The molecule has 16 nitrogen and oxygen atoms in total. The van der Waals surface area contributed by atoms with Crippen molar-refractivity contribution in [3.63, 3.8) is 0 Å². The van der Waals surface area contributed by atoms with Gasteiger partial charge < -0.3 is 48.9 Å². The maximum atomic E-state index is 13.5. The quantitative estimate of drug-likeness (QED) is 0.196. The zero-order valence-corrected chi connectivity index (χ0v) is 39.9. The molecule has 4 aliphatic heterocycles. The van der Waals surface area contributed by atoms with Gasteiger partial charge in [0.2, 0.25) is 22.6 Å². The minimum atomic E-state index is -1.23. The van der Waals surface area contributed by atoms with Crippen LogP contribution in [0.4, 0.5) is 0 Å². The van der Waals surface area contributed by atoms with Crippen molar-refractivity contribution in [3.8, 4) is 11.8 Å². The number of aromatic carboxylic acids is 1. The van der Waals surface area contributed by atoms with Crippen LogP contribution in [-0.2, 0) is 48.2 Å². The number of nitrogens with zero attached hydrogens (tertiary/aromatic N) is 5. The molecule has 2 spiro atoms. The van der Waals surface area contributed by atoms with Crippen LogP contribution in [0, 0.1) is 10.8 Å². The van der Waals surface area contributed by atoms with Crippen LogP contribution in [0.2, 0.25) is 0 Å². The average Bonchev–Trinajstić information content (AvgIpc) is 3.97. The minimum absolute atomic E-state index is 0. The minimum Gasteiger partial charge on any atom is -0.477 e. The van der Waals surface area contributed by atoms with Crippen LogP contribution in [0.1, 0.15) is 82.5 Å². The number of fused-ring (bicyclic) bond motifs is 4. The van der Waals surface area contributed by atoms with Gasteiger partial charge in [-0.15, -0.1) is 0 Å². The largest absolute Gasteiger partial charge is 0.477 e. The van der Waals surface area contributed by atoms with E-state index >= 15 is 0 Å². The van der Waals surface area contributed by atoms with Crippen LogP contribution in [0.25, 0.3) is 21.8 Å². The summed E-state index contributed by atoms with van der Waals surface area (Å²) in [6, 6.07) is 19.8. The van der Waals surface area contributed by atoms with Gasteiger partial charge in [-0.2, -0.15) is 0 Å². The van der Waals surface area contributed by atoms with E-state index in [9.17, 15) is 24.3 Å². The van der Waals surface area contributed by atoms with Crippen LogP contribution in [0.15, 0.2) is 95.0 Å². The summed E-state index contributed by atoms with van der Waals surface area (Å²) < 4.78 is 26.6. The Hall–Kier alpha value is -6.46. The first-order chi connectivity index (χ1) is 33.5. The van der Waals surface area contributed by atoms with E-state index in [0.717, 1.165) is 70.5 Å². The molecule has 0 radical (unpaired) electrons. The monoisotopic (exact) mass is 954 g/mol. The lowest BCUT2D eigenvalue weighted by Crippen LogP contribution is -2.60. The number of amides is 1. The zero-order chi connectivity index (χ0) is 47.7. The summed E-state index contributed by atoms with van der Waals surface area (Å²) in [6.45, 7) is 12.4. The van der Waals surface area contributed by atoms with Crippen LogP contribution in [0.3, 0.4) is 0 Å². The van der Waals surface area contributed by atoms with Crippen LogP contribution in [-0.4, -0.2) is 111 Å². The predicted octanol–water partition coefficient (Wildman–Crippen LogP) is 5.44. The molecule has 8 heterocycles. The van der Waals surface area contributed by atoms with Gasteiger partial charge in [0.15, 0.2) is 0 Å². The van der Waals surface area contributed by atoms with E-state index in [1.807, 2.05) is 47.6 Å². The van der Waals surface area contributed by atoms with E-state index < -0.39 is 11.4 Å². The third kappa shape index (κ3) is 9.82. The Labute approximate surface area is 405 Å². The second kappa shape index (κ2) is 20.5. The molecule has 16 heteroatoms. The Morgan fingerprint density at radius 2 is 1.09 bits per heavy atom. The predicted molar refractivity (Wildman–Crippen MR) is 264 cm³/mol. The van der Waals surface area contributed by atoms with Gasteiger partial charge in [-0.3, -0.25) is 14.4 Å². The third-order valence-corrected chi connectivity index (χ3v) is 15.1. The Morgan fingerprint density at radius 3 is 1.47 bits per heavy atom. The molecule has 1 amide bonds. The molecule has 0 atom stereocenters. The number of likely N-dealkylation sites (tertiary alicyclic amines) is 1. The molecule has 4 N–H and O–H groups in total. The lowest BCUT2D eigenvalue weighted by atomic mass is 9.73. The van der Waals surface area contributed by atoms with Crippen molar-refractivity contribution in [1.29, 1.82) is 0 Å². The number of carboxylic acids is 1. The molecule has 12 rings (SSSR count). The van der Waals surface area contributed by atoms with Crippen molar-refractivity contribution < 1.29 is 39.1 Å². The standard InChI is InChI=1S/C27H29N3O4.C20H18N2O4.C7H13NO.H2O/c1-2-29-15-22(26(32)30-16-27(17-30)7-9-33-10-8-27)25(31)21-13-24(28-14-23(21)29)34-20-11-18-5-3-4-6-19(18)12-20;1-2-22-11-16(20(24)25)19(23)15-9-18(21-10-17(15)22)26-14-7-12-5-3-4-6-13(12)8-14;1-3-9-4-2-7(1)5-8-6-7;/h3-6,13-15,20H,2,7-12,16-17H2,1H3;3-6,9-11,14H,2,7-8H2,1H3,(H,24,25);8H,1-6H2;1H2. The number of nitrogens with one attached hydrogen (secondary N) is 1. The van der Waals surface area contributed by atoms with Gasteiger partial charge in [0.1, 0.15) is 23.3 Å². The SMILES string of the molecule is C1CC2(CCO1)CNC2.CCn1cc(C(=O)N2CC3(CCOCC3)C2)c(=O)c2cc(OC3Cc4ccccc4C3)ncc21.CCn1cc(C(=O)O)c(=O)c2cc(OC3Cc4ccccc4C3)ncc21.O. The van der Waals surface area contributed by atoms with Crippen LogP contribution < -0.4 is 25.6 Å². The van der Waals surface area contributed by atoms with E-state index in [4.69, 9.17) is 18.9 Å². The highest BCUT2D eigenvalue weighted by molar-refractivity contribution is 5.98. The number of rotatable bonds is 8. The molecular weight excluding hydrogens is 893 g/mol. The van der Waals surface area contributed by atoms with Gasteiger partial charge in [-0.05, 0) is 67.2 Å². The number of carboxylic acid groups (broad SMARTS) is 1. The van der Waals surface area contributed by atoms with Crippen LogP contribution >= 0.6 is 0 Å². The molecular formula is C54H62N6O10. The number of carbonyl (C=O) groups is 2. The van der Waals surface area contributed by atoms with E-state index in [2.05, 4.69) is 39.6 Å². The third-order valence-electron chi connectivity index (χ3n) is 15.1. The first kappa shape index (κ1) is 48.6. The average molecular weight is 955 g/mol. The molecule has 2 aliphatic carbocycles. The van der Waals surface area contributed by atoms with Gasteiger partial charge in [0.05, 0.1) is 34.2 Å². The number of ether oxygens (including phenoxy) is 4.